The summed E-state index contributed by atoms with van der Waals surface area (Å²) in [7, 11) is -3.47. The fraction of sp³-hybridized carbons (Fsp3) is 0.667. The van der Waals surface area contributed by atoms with E-state index >= 15 is 0 Å². The van der Waals surface area contributed by atoms with Crippen LogP contribution in [0.5, 0.6) is 5.75 Å². The highest BCUT2D eigenvalue weighted by Gasteiger charge is 2.43. The first kappa shape index (κ1) is 20.5. The lowest BCUT2D eigenvalue weighted by Crippen LogP contribution is -2.38. The zero-order valence-corrected chi connectivity index (χ0v) is 16.8. The first-order chi connectivity index (χ1) is 11.3. The third-order valence-corrected chi connectivity index (χ3v) is 7.09. The average Bonchev–Trinajstić information content (AvgIpc) is 2.95. The van der Waals surface area contributed by atoms with Gasteiger partial charge in [-0.25, -0.2) is 8.42 Å². The summed E-state index contributed by atoms with van der Waals surface area (Å²) < 4.78 is 33.4. The Morgan fingerprint density at radius 2 is 1.96 bits per heavy atom. The molecule has 1 aromatic rings. The van der Waals surface area contributed by atoms with Gasteiger partial charge in [0.1, 0.15) is 5.75 Å². The predicted octanol–water partition coefficient (Wildman–Crippen LogP) is 2.95. The second kappa shape index (κ2) is 7.82. The highest BCUT2D eigenvalue weighted by molar-refractivity contribution is 7.89. The molecule has 3 rings (SSSR count). The molecule has 1 aliphatic carbocycles. The third kappa shape index (κ3) is 4.13. The van der Waals surface area contributed by atoms with Crippen LogP contribution in [0.4, 0.5) is 0 Å². The summed E-state index contributed by atoms with van der Waals surface area (Å²) in [5.41, 5.74) is 7.06. The molecule has 142 valence electrons. The zero-order chi connectivity index (χ0) is 17.5. The molecule has 1 heterocycles. The first-order valence-electron chi connectivity index (χ1n) is 8.82. The van der Waals surface area contributed by atoms with Gasteiger partial charge in [0, 0.05) is 19.1 Å². The van der Waals surface area contributed by atoms with E-state index in [1.165, 1.54) is 0 Å². The molecule has 1 saturated heterocycles. The molecule has 3 unspecified atom stereocenters. The predicted molar refractivity (Wildman–Crippen MR) is 102 cm³/mol. The maximum Gasteiger partial charge on any atom is 0.243 e. The maximum absolute atomic E-state index is 13.0. The Morgan fingerprint density at radius 1 is 1.24 bits per heavy atom. The second-order valence-electron chi connectivity index (χ2n) is 7.43. The number of hydrogen-bond acceptors (Lipinski definition) is 4. The number of halogens is 1. The van der Waals surface area contributed by atoms with Crippen molar-refractivity contribution >= 4 is 22.4 Å². The van der Waals surface area contributed by atoms with E-state index in [1.807, 2.05) is 20.8 Å². The van der Waals surface area contributed by atoms with Crippen LogP contribution in [-0.2, 0) is 10.0 Å². The van der Waals surface area contributed by atoms with Crippen LogP contribution in [0.1, 0.15) is 38.7 Å². The third-order valence-electron chi connectivity index (χ3n) is 5.27. The maximum atomic E-state index is 13.0. The topological polar surface area (TPSA) is 72.6 Å². The number of benzene rings is 1. The number of aryl methyl sites for hydroxylation is 1. The number of sulfonamides is 1. The quantitative estimate of drug-likeness (QED) is 0.860. The van der Waals surface area contributed by atoms with E-state index in [4.69, 9.17) is 10.5 Å². The van der Waals surface area contributed by atoms with E-state index in [1.54, 1.807) is 22.5 Å². The molecule has 2 fully saturated rings. The van der Waals surface area contributed by atoms with Crippen molar-refractivity contribution < 1.29 is 13.2 Å². The highest BCUT2D eigenvalue weighted by atomic mass is 35.5. The molecule has 25 heavy (non-hydrogen) atoms. The van der Waals surface area contributed by atoms with Crippen LogP contribution in [0.3, 0.4) is 0 Å². The van der Waals surface area contributed by atoms with Crippen molar-refractivity contribution in [3.63, 3.8) is 0 Å². The Morgan fingerprint density at radius 3 is 2.56 bits per heavy atom. The van der Waals surface area contributed by atoms with Crippen molar-refractivity contribution in [2.75, 3.05) is 13.1 Å². The number of nitrogens with zero attached hydrogens (tertiary/aromatic N) is 1. The largest absolute Gasteiger partial charge is 0.491 e. The Balaban J connectivity index is 0.00000225. The molecule has 0 aromatic heterocycles. The number of rotatable bonds is 4. The summed E-state index contributed by atoms with van der Waals surface area (Å²) in [4.78, 5) is 0.350. The molecule has 5 nitrogen and oxygen atoms in total. The van der Waals surface area contributed by atoms with Crippen molar-refractivity contribution in [1.29, 1.82) is 0 Å². The number of ether oxygens (including phenoxy) is 1. The minimum absolute atomic E-state index is 0. The van der Waals surface area contributed by atoms with Crippen LogP contribution in [0.2, 0.25) is 0 Å². The lowest BCUT2D eigenvalue weighted by Gasteiger charge is -2.29. The second-order valence-corrected chi connectivity index (χ2v) is 9.37. The number of fused-ring (bicyclic) bond motifs is 1. The summed E-state index contributed by atoms with van der Waals surface area (Å²) in [6.07, 6.45) is 3.27. The van der Waals surface area contributed by atoms with E-state index in [-0.39, 0.29) is 24.6 Å². The highest BCUT2D eigenvalue weighted by Crippen LogP contribution is 2.38. The van der Waals surface area contributed by atoms with E-state index < -0.39 is 10.0 Å². The molecule has 1 aromatic carbocycles. The van der Waals surface area contributed by atoms with Crippen LogP contribution in [0.25, 0.3) is 0 Å². The Kier molecular flexibility index (Phi) is 6.41. The van der Waals surface area contributed by atoms with Crippen molar-refractivity contribution in [2.24, 2.45) is 17.6 Å². The summed E-state index contributed by atoms with van der Waals surface area (Å²) in [6.45, 7) is 6.95. The zero-order valence-electron chi connectivity index (χ0n) is 15.1. The van der Waals surface area contributed by atoms with Gasteiger partial charge in [-0.3, -0.25) is 0 Å². The Labute approximate surface area is 157 Å². The number of hydrogen-bond donors (Lipinski definition) is 1. The van der Waals surface area contributed by atoms with Crippen LogP contribution >= 0.6 is 12.4 Å². The Hall–Kier alpha value is -0.820. The van der Waals surface area contributed by atoms with Gasteiger partial charge in [-0.2, -0.15) is 4.31 Å². The van der Waals surface area contributed by atoms with E-state index in [0.717, 1.165) is 30.6 Å². The van der Waals surface area contributed by atoms with Crippen LogP contribution in [-0.4, -0.2) is 38.0 Å². The summed E-state index contributed by atoms with van der Waals surface area (Å²) >= 11 is 0. The summed E-state index contributed by atoms with van der Waals surface area (Å²) in [5, 5.41) is 0. The molecule has 7 heteroatoms. The normalized spacial score (nSPS) is 27.0. The summed E-state index contributed by atoms with van der Waals surface area (Å²) in [6, 6.07) is 5.26. The van der Waals surface area contributed by atoms with Crippen LogP contribution in [0.15, 0.2) is 23.1 Å². The van der Waals surface area contributed by atoms with E-state index in [0.29, 0.717) is 29.8 Å². The molecular formula is C18H29ClN2O3S. The van der Waals surface area contributed by atoms with Crippen LogP contribution < -0.4 is 10.5 Å². The van der Waals surface area contributed by atoms with Gasteiger partial charge in [0.15, 0.2) is 0 Å². The molecule has 0 radical (unpaired) electrons. The van der Waals surface area contributed by atoms with Gasteiger partial charge in [0.2, 0.25) is 10.0 Å². The van der Waals surface area contributed by atoms with E-state index in [9.17, 15) is 8.42 Å². The summed E-state index contributed by atoms with van der Waals surface area (Å²) in [5.74, 6) is 1.45. The fourth-order valence-electron chi connectivity index (χ4n) is 3.99. The van der Waals surface area contributed by atoms with Gasteiger partial charge in [-0.05, 0) is 69.2 Å². The van der Waals surface area contributed by atoms with Crippen molar-refractivity contribution in [1.82, 2.24) is 4.31 Å². The lowest BCUT2D eigenvalue weighted by atomic mass is 9.78. The molecular weight excluding hydrogens is 360 g/mol. The molecule has 3 atom stereocenters. The van der Waals surface area contributed by atoms with Crippen LogP contribution in [0, 0.1) is 18.8 Å². The Bertz CT molecular complexity index is 708. The van der Waals surface area contributed by atoms with Crippen molar-refractivity contribution in [3.8, 4) is 5.75 Å². The average molecular weight is 389 g/mol. The molecule has 1 saturated carbocycles. The molecule has 1 aliphatic heterocycles. The van der Waals surface area contributed by atoms with Gasteiger partial charge < -0.3 is 10.5 Å². The van der Waals surface area contributed by atoms with Gasteiger partial charge >= 0.3 is 0 Å². The van der Waals surface area contributed by atoms with Crippen molar-refractivity contribution in [3.05, 3.63) is 23.8 Å². The smallest absolute Gasteiger partial charge is 0.243 e. The lowest BCUT2D eigenvalue weighted by molar-refractivity contribution is 0.240. The molecule has 0 spiro atoms. The van der Waals surface area contributed by atoms with Gasteiger partial charge in [0.25, 0.3) is 0 Å². The van der Waals surface area contributed by atoms with Gasteiger partial charge in [-0.1, -0.05) is 6.42 Å². The molecule has 2 aliphatic rings. The van der Waals surface area contributed by atoms with E-state index in [2.05, 4.69) is 0 Å². The van der Waals surface area contributed by atoms with Gasteiger partial charge in [-0.15, -0.1) is 12.4 Å². The monoisotopic (exact) mass is 388 g/mol. The molecule has 0 bridgehead atoms. The minimum Gasteiger partial charge on any atom is -0.491 e. The fourth-order valence-corrected chi connectivity index (χ4v) is 5.61. The number of nitrogens with two attached hydrogens (primary N) is 1. The first-order valence-corrected chi connectivity index (χ1v) is 10.3. The minimum atomic E-state index is -3.47. The molecule has 2 N–H and O–H groups in total. The molecule has 0 amide bonds. The standard InChI is InChI=1S/C18H28N2O3S.ClH/c1-12(2)23-18-8-7-15(9-13(18)3)24(21,22)20-10-14-5-4-6-17(19)16(14)11-20;/h7-9,12,14,16-17H,4-6,10-11,19H2,1-3H3;1H. The van der Waals surface area contributed by atoms with Crippen molar-refractivity contribution in [2.45, 2.75) is 57.1 Å². The SMILES string of the molecule is Cc1cc(S(=O)(=O)N2CC3CCCC(N)C3C2)ccc1OC(C)C.Cl. The van der Waals surface area contributed by atoms with Gasteiger partial charge in [0.05, 0.1) is 11.0 Å².